The minimum atomic E-state index is -0.707. The number of aliphatic carboxylic acids is 1. The molecule has 1 saturated carbocycles. The van der Waals surface area contributed by atoms with Gasteiger partial charge in [0.05, 0.1) is 6.42 Å². The molecule has 4 nitrogen and oxygen atoms in total. The van der Waals surface area contributed by atoms with Gasteiger partial charge < -0.3 is 5.11 Å². The minimum absolute atomic E-state index is 0.00283. The minimum Gasteiger partial charge on any atom is -0.481 e. The topological polar surface area (TPSA) is 63.1 Å². The highest BCUT2D eigenvalue weighted by atomic mass is 127. The molecule has 86 valence electrons. The van der Waals surface area contributed by atoms with Gasteiger partial charge in [-0.3, -0.25) is 4.79 Å². The first-order chi connectivity index (χ1) is 7.60. The van der Waals surface area contributed by atoms with Crippen LogP contribution in [0.25, 0.3) is 0 Å². The molecular formula is C10H11IN2O2S. The molecule has 0 atom stereocenters. The number of carboxylic acids is 1. The van der Waals surface area contributed by atoms with E-state index in [4.69, 9.17) is 5.11 Å². The molecule has 16 heavy (non-hydrogen) atoms. The third-order valence-corrected chi connectivity index (χ3v) is 4.37. The van der Waals surface area contributed by atoms with Crippen molar-refractivity contribution in [2.24, 2.45) is 5.41 Å². The number of halogens is 1. The standard InChI is InChI=1S/C10H11IN2O2S/c11-7-4-12-9(13-5-7)16-6-10(1-2-10)3-8(14)15/h4-5H,1-3,6H2,(H,14,15). The van der Waals surface area contributed by atoms with Crippen molar-refractivity contribution in [1.82, 2.24) is 9.97 Å². The van der Waals surface area contributed by atoms with Gasteiger partial charge in [-0.05, 0) is 40.8 Å². The smallest absolute Gasteiger partial charge is 0.303 e. The number of hydrogen-bond acceptors (Lipinski definition) is 4. The van der Waals surface area contributed by atoms with Gasteiger partial charge in [-0.1, -0.05) is 11.8 Å². The van der Waals surface area contributed by atoms with E-state index in [0.29, 0.717) is 0 Å². The number of carbonyl (C=O) groups is 1. The van der Waals surface area contributed by atoms with Gasteiger partial charge in [0.15, 0.2) is 5.16 Å². The van der Waals surface area contributed by atoms with E-state index < -0.39 is 5.97 Å². The first-order valence-corrected chi connectivity index (χ1v) is 6.98. The number of aromatic nitrogens is 2. The van der Waals surface area contributed by atoms with Gasteiger partial charge in [0.2, 0.25) is 0 Å². The van der Waals surface area contributed by atoms with E-state index in [-0.39, 0.29) is 11.8 Å². The molecule has 1 heterocycles. The monoisotopic (exact) mass is 350 g/mol. The fraction of sp³-hybridized carbons (Fsp3) is 0.500. The number of rotatable bonds is 5. The van der Waals surface area contributed by atoms with E-state index in [1.54, 1.807) is 24.2 Å². The van der Waals surface area contributed by atoms with Crippen LogP contribution in [0.4, 0.5) is 0 Å². The zero-order valence-corrected chi connectivity index (χ0v) is 11.5. The summed E-state index contributed by atoms with van der Waals surface area (Å²) in [6.45, 7) is 0. The van der Waals surface area contributed by atoms with Gasteiger partial charge in [0.25, 0.3) is 0 Å². The summed E-state index contributed by atoms with van der Waals surface area (Å²) in [5.74, 6) is 0.0986. The fourth-order valence-corrected chi connectivity index (χ4v) is 2.82. The lowest BCUT2D eigenvalue weighted by molar-refractivity contribution is -0.138. The van der Waals surface area contributed by atoms with Crippen LogP contribution in [0.5, 0.6) is 0 Å². The summed E-state index contributed by atoms with van der Waals surface area (Å²) < 4.78 is 1.01. The van der Waals surface area contributed by atoms with Gasteiger partial charge in [-0.2, -0.15) is 0 Å². The quantitative estimate of drug-likeness (QED) is 0.502. The Bertz CT molecular complexity index is 392. The van der Waals surface area contributed by atoms with Crippen LogP contribution in [0, 0.1) is 8.99 Å². The van der Waals surface area contributed by atoms with Crippen LogP contribution in [0.3, 0.4) is 0 Å². The molecule has 0 bridgehead atoms. The van der Waals surface area contributed by atoms with Crippen LogP contribution in [-0.4, -0.2) is 26.8 Å². The van der Waals surface area contributed by atoms with Crippen molar-refractivity contribution in [2.75, 3.05) is 5.75 Å². The average molecular weight is 350 g/mol. The molecule has 1 aliphatic rings. The van der Waals surface area contributed by atoms with Crippen LogP contribution in [0.2, 0.25) is 0 Å². The molecule has 1 aromatic rings. The van der Waals surface area contributed by atoms with E-state index in [1.807, 2.05) is 0 Å². The van der Waals surface area contributed by atoms with Crippen molar-refractivity contribution >= 4 is 40.3 Å². The van der Waals surface area contributed by atoms with Crippen LogP contribution >= 0.6 is 34.4 Å². The third kappa shape index (κ3) is 3.31. The number of hydrogen-bond donors (Lipinski definition) is 1. The van der Waals surface area contributed by atoms with Gasteiger partial charge in [0, 0.05) is 21.7 Å². The predicted octanol–water partition coefficient (Wildman–Crippen LogP) is 2.43. The molecule has 1 aliphatic carbocycles. The second-order valence-electron chi connectivity index (χ2n) is 4.04. The number of nitrogens with zero attached hydrogens (tertiary/aromatic N) is 2. The molecule has 0 saturated heterocycles. The number of carboxylic acid groups (broad SMARTS) is 1. The first-order valence-electron chi connectivity index (χ1n) is 4.92. The molecule has 0 radical (unpaired) electrons. The summed E-state index contributed by atoms with van der Waals surface area (Å²) in [4.78, 5) is 19.0. The zero-order valence-electron chi connectivity index (χ0n) is 8.52. The Labute approximate surface area is 111 Å². The SMILES string of the molecule is O=C(O)CC1(CSc2ncc(I)cn2)CC1. The Morgan fingerprint density at radius 2 is 2.12 bits per heavy atom. The lowest BCUT2D eigenvalue weighted by Crippen LogP contribution is -2.11. The van der Waals surface area contributed by atoms with E-state index in [2.05, 4.69) is 32.6 Å². The van der Waals surface area contributed by atoms with E-state index in [9.17, 15) is 4.79 Å². The normalized spacial score (nSPS) is 17.1. The Hall–Kier alpha value is -0.370. The highest BCUT2D eigenvalue weighted by molar-refractivity contribution is 14.1. The van der Waals surface area contributed by atoms with Gasteiger partial charge in [-0.15, -0.1) is 0 Å². The van der Waals surface area contributed by atoms with Crippen LogP contribution < -0.4 is 0 Å². The Morgan fingerprint density at radius 1 is 1.50 bits per heavy atom. The van der Waals surface area contributed by atoms with Crippen LogP contribution in [0.15, 0.2) is 17.6 Å². The Morgan fingerprint density at radius 3 is 2.62 bits per heavy atom. The zero-order chi connectivity index (χ0) is 11.6. The van der Waals surface area contributed by atoms with Crippen molar-refractivity contribution in [3.05, 3.63) is 16.0 Å². The predicted molar refractivity (Wildman–Crippen MR) is 69.4 cm³/mol. The molecule has 1 fully saturated rings. The van der Waals surface area contributed by atoms with Gasteiger partial charge >= 0.3 is 5.97 Å². The maximum Gasteiger partial charge on any atom is 0.303 e. The highest BCUT2D eigenvalue weighted by Crippen LogP contribution is 2.51. The van der Waals surface area contributed by atoms with Crippen molar-refractivity contribution in [3.8, 4) is 0 Å². The lowest BCUT2D eigenvalue weighted by atomic mass is 10.1. The molecule has 1 aromatic heterocycles. The van der Waals surface area contributed by atoms with Crippen molar-refractivity contribution < 1.29 is 9.90 Å². The molecule has 0 aromatic carbocycles. The lowest BCUT2D eigenvalue weighted by Gasteiger charge is -2.10. The van der Waals surface area contributed by atoms with Gasteiger partial charge in [-0.25, -0.2) is 9.97 Å². The van der Waals surface area contributed by atoms with Crippen molar-refractivity contribution in [3.63, 3.8) is 0 Å². The summed E-state index contributed by atoms with van der Waals surface area (Å²) in [5.41, 5.74) is 0.00283. The largest absolute Gasteiger partial charge is 0.481 e. The molecular weight excluding hydrogens is 339 g/mol. The second-order valence-corrected chi connectivity index (χ2v) is 6.23. The molecule has 0 amide bonds. The molecule has 2 rings (SSSR count). The summed E-state index contributed by atoms with van der Waals surface area (Å²) >= 11 is 3.71. The summed E-state index contributed by atoms with van der Waals surface area (Å²) in [5, 5.41) is 9.51. The summed E-state index contributed by atoms with van der Waals surface area (Å²) in [6, 6.07) is 0. The van der Waals surface area contributed by atoms with Crippen molar-refractivity contribution in [2.45, 2.75) is 24.4 Å². The van der Waals surface area contributed by atoms with E-state index in [1.165, 1.54) is 0 Å². The van der Waals surface area contributed by atoms with Crippen LogP contribution in [-0.2, 0) is 4.79 Å². The first kappa shape index (κ1) is 12.1. The van der Waals surface area contributed by atoms with Crippen molar-refractivity contribution in [1.29, 1.82) is 0 Å². The molecule has 0 unspecified atom stereocenters. The third-order valence-electron chi connectivity index (χ3n) is 2.59. The Kier molecular flexibility index (Phi) is 3.68. The average Bonchev–Trinajstić information content (AvgIpc) is 2.97. The number of thioether (sulfide) groups is 1. The molecule has 0 spiro atoms. The molecule has 6 heteroatoms. The Balaban J connectivity index is 1.87. The van der Waals surface area contributed by atoms with Gasteiger partial charge in [0.1, 0.15) is 0 Å². The summed E-state index contributed by atoms with van der Waals surface area (Å²) in [7, 11) is 0. The fourth-order valence-electron chi connectivity index (χ4n) is 1.46. The second kappa shape index (κ2) is 4.87. The molecule has 1 N–H and O–H groups in total. The highest BCUT2D eigenvalue weighted by Gasteiger charge is 2.44. The summed E-state index contributed by atoms with van der Waals surface area (Å²) in [6.07, 6.45) is 5.83. The maximum absolute atomic E-state index is 10.7. The van der Waals surface area contributed by atoms with E-state index >= 15 is 0 Å². The van der Waals surface area contributed by atoms with E-state index in [0.717, 1.165) is 27.3 Å². The maximum atomic E-state index is 10.7. The molecule has 0 aliphatic heterocycles. The van der Waals surface area contributed by atoms with Crippen LogP contribution in [0.1, 0.15) is 19.3 Å².